The van der Waals surface area contributed by atoms with Gasteiger partial charge in [-0.05, 0) is 30.3 Å². The topological polar surface area (TPSA) is 59.3 Å². The molecular weight excluding hydrogens is 392 g/mol. The summed E-state index contributed by atoms with van der Waals surface area (Å²) in [7, 11) is 0. The van der Waals surface area contributed by atoms with Crippen LogP contribution in [0.1, 0.15) is 21.5 Å². The van der Waals surface area contributed by atoms with Crippen LogP contribution in [0.5, 0.6) is 0 Å². The van der Waals surface area contributed by atoms with Gasteiger partial charge < -0.3 is 9.67 Å². The molecule has 0 amide bonds. The molecule has 0 aliphatic rings. The third kappa shape index (κ3) is 3.32. The fourth-order valence-electron chi connectivity index (χ4n) is 2.78. The Balaban J connectivity index is 2.30. The molecule has 0 saturated carbocycles. The number of fused-ring (bicyclic) bond motifs is 1. The molecule has 10 heteroatoms. The number of rotatable bonds is 3. The second-order valence-electron chi connectivity index (χ2n) is 5.86. The number of carbonyl (C=O) groups is 1. The summed E-state index contributed by atoms with van der Waals surface area (Å²) in [6.45, 7) is -0.771. The highest BCUT2D eigenvalue weighted by Gasteiger charge is 2.31. The Morgan fingerprint density at radius 2 is 1.61 bits per heavy atom. The van der Waals surface area contributed by atoms with Crippen LogP contribution in [0.2, 0.25) is 0 Å². The number of alkyl halides is 3. The Hall–Kier alpha value is -3.30. The molecule has 3 rings (SSSR count). The van der Waals surface area contributed by atoms with Gasteiger partial charge in [-0.2, -0.15) is 13.2 Å². The molecule has 1 heterocycles. The molecular formula is C18H9F6NO3. The van der Waals surface area contributed by atoms with Crippen LogP contribution >= 0.6 is 0 Å². The standard InChI is InChI=1S/C18H9F6NO3/c19-11-2-1-9(18(22,23)24)5-8(11)6-25-7-10(17(27)28)16(26)14-12(20)3-4-13(21)15(14)25/h1-5,7H,6H2,(H,27,28). The second kappa shape index (κ2) is 6.70. The van der Waals surface area contributed by atoms with Crippen LogP contribution in [0.15, 0.2) is 41.3 Å². The number of halogens is 6. The smallest absolute Gasteiger partial charge is 0.416 e. The van der Waals surface area contributed by atoms with Crippen molar-refractivity contribution in [1.82, 2.24) is 4.57 Å². The van der Waals surface area contributed by atoms with E-state index < -0.39 is 69.2 Å². The molecule has 0 saturated heterocycles. The fourth-order valence-corrected chi connectivity index (χ4v) is 2.78. The molecule has 28 heavy (non-hydrogen) atoms. The molecule has 0 bridgehead atoms. The number of benzene rings is 2. The number of aromatic carboxylic acids is 1. The highest BCUT2D eigenvalue weighted by atomic mass is 19.4. The summed E-state index contributed by atoms with van der Waals surface area (Å²) in [6.07, 6.45) is -4.15. The van der Waals surface area contributed by atoms with Crippen molar-refractivity contribution in [1.29, 1.82) is 0 Å². The van der Waals surface area contributed by atoms with Gasteiger partial charge in [-0.3, -0.25) is 4.79 Å². The zero-order chi connectivity index (χ0) is 20.8. The van der Waals surface area contributed by atoms with Crippen LogP contribution in [0, 0.1) is 17.5 Å². The van der Waals surface area contributed by atoms with Crippen LogP contribution in [-0.4, -0.2) is 15.6 Å². The Morgan fingerprint density at radius 3 is 2.21 bits per heavy atom. The van der Waals surface area contributed by atoms with Crippen molar-refractivity contribution in [3.63, 3.8) is 0 Å². The molecule has 0 atom stereocenters. The van der Waals surface area contributed by atoms with Gasteiger partial charge in [0.15, 0.2) is 0 Å². The highest BCUT2D eigenvalue weighted by molar-refractivity contribution is 5.92. The minimum atomic E-state index is -4.78. The zero-order valence-electron chi connectivity index (χ0n) is 13.6. The number of carboxylic acids is 1. The first-order valence-corrected chi connectivity index (χ1v) is 7.60. The van der Waals surface area contributed by atoms with E-state index in [1.165, 1.54) is 0 Å². The van der Waals surface area contributed by atoms with Gasteiger partial charge in [0, 0.05) is 11.8 Å². The SMILES string of the molecule is O=C(O)c1cn(Cc2cc(C(F)(F)F)ccc2F)c2c(F)ccc(F)c2c1=O. The van der Waals surface area contributed by atoms with Crippen molar-refractivity contribution in [2.24, 2.45) is 0 Å². The van der Waals surface area contributed by atoms with E-state index in [9.17, 15) is 35.9 Å². The summed E-state index contributed by atoms with van der Waals surface area (Å²) in [6, 6.07) is 2.80. The summed E-state index contributed by atoms with van der Waals surface area (Å²) < 4.78 is 81.7. The van der Waals surface area contributed by atoms with E-state index in [-0.39, 0.29) is 0 Å². The first kappa shape index (κ1) is 19.5. The first-order valence-electron chi connectivity index (χ1n) is 7.60. The molecule has 0 aliphatic carbocycles. The molecule has 0 aliphatic heterocycles. The summed E-state index contributed by atoms with van der Waals surface area (Å²) in [5.74, 6) is -5.18. The van der Waals surface area contributed by atoms with E-state index >= 15 is 0 Å². The third-order valence-electron chi connectivity index (χ3n) is 4.07. The van der Waals surface area contributed by atoms with Crippen molar-refractivity contribution in [2.45, 2.75) is 12.7 Å². The number of hydrogen-bond donors (Lipinski definition) is 1. The number of carboxylic acid groups (broad SMARTS) is 1. The average molecular weight is 401 g/mol. The summed E-state index contributed by atoms with van der Waals surface area (Å²) in [5.41, 5.74) is -4.67. The van der Waals surface area contributed by atoms with Crippen molar-refractivity contribution in [3.8, 4) is 0 Å². The quantitative estimate of drug-likeness (QED) is 0.670. The first-order chi connectivity index (χ1) is 13.0. The predicted octanol–water partition coefficient (Wildman–Crippen LogP) is 4.18. The molecule has 1 aromatic heterocycles. The number of nitrogens with zero attached hydrogens (tertiary/aromatic N) is 1. The maximum atomic E-state index is 14.3. The van der Waals surface area contributed by atoms with Gasteiger partial charge in [0.25, 0.3) is 0 Å². The number of hydrogen-bond acceptors (Lipinski definition) is 2. The molecule has 1 N–H and O–H groups in total. The van der Waals surface area contributed by atoms with E-state index in [2.05, 4.69) is 0 Å². The van der Waals surface area contributed by atoms with Crippen LogP contribution in [0.4, 0.5) is 26.3 Å². The van der Waals surface area contributed by atoms with E-state index in [4.69, 9.17) is 5.11 Å². The van der Waals surface area contributed by atoms with Crippen molar-refractivity contribution < 1.29 is 36.2 Å². The van der Waals surface area contributed by atoms with Crippen molar-refractivity contribution in [2.75, 3.05) is 0 Å². The van der Waals surface area contributed by atoms with Gasteiger partial charge in [0.05, 0.1) is 23.0 Å². The summed E-state index contributed by atoms with van der Waals surface area (Å²) >= 11 is 0. The monoisotopic (exact) mass is 401 g/mol. The number of aromatic nitrogens is 1. The molecule has 146 valence electrons. The van der Waals surface area contributed by atoms with Crippen LogP contribution in [-0.2, 0) is 12.7 Å². The normalized spacial score (nSPS) is 11.8. The largest absolute Gasteiger partial charge is 0.477 e. The third-order valence-corrected chi connectivity index (χ3v) is 4.07. The van der Waals surface area contributed by atoms with Gasteiger partial charge in [-0.25, -0.2) is 18.0 Å². The minimum absolute atomic E-state index is 0.469. The maximum Gasteiger partial charge on any atom is 0.416 e. The molecule has 0 fully saturated rings. The van der Waals surface area contributed by atoms with Gasteiger partial charge in [0.2, 0.25) is 5.43 Å². The Labute approximate surface area is 152 Å². The lowest BCUT2D eigenvalue weighted by Gasteiger charge is -2.15. The van der Waals surface area contributed by atoms with E-state index in [0.717, 1.165) is 0 Å². The van der Waals surface area contributed by atoms with Crippen LogP contribution < -0.4 is 5.43 Å². The Morgan fingerprint density at radius 1 is 1.00 bits per heavy atom. The van der Waals surface area contributed by atoms with Crippen molar-refractivity contribution in [3.05, 3.63) is 80.9 Å². The molecule has 0 unspecified atom stereocenters. The van der Waals surface area contributed by atoms with Crippen LogP contribution in [0.25, 0.3) is 10.9 Å². The van der Waals surface area contributed by atoms with E-state index in [0.29, 0.717) is 41.1 Å². The highest BCUT2D eigenvalue weighted by Crippen LogP contribution is 2.31. The van der Waals surface area contributed by atoms with E-state index in [1.54, 1.807) is 0 Å². The lowest BCUT2D eigenvalue weighted by Crippen LogP contribution is -2.21. The van der Waals surface area contributed by atoms with E-state index in [1.807, 2.05) is 0 Å². The maximum absolute atomic E-state index is 14.3. The van der Waals surface area contributed by atoms with Gasteiger partial charge in [0.1, 0.15) is 23.0 Å². The lowest BCUT2D eigenvalue weighted by atomic mass is 10.1. The van der Waals surface area contributed by atoms with Crippen molar-refractivity contribution >= 4 is 16.9 Å². The predicted molar refractivity (Wildman–Crippen MR) is 85.6 cm³/mol. The molecule has 2 aromatic carbocycles. The molecule has 0 radical (unpaired) electrons. The van der Waals surface area contributed by atoms with Gasteiger partial charge in [-0.15, -0.1) is 0 Å². The number of pyridine rings is 1. The second-order valence-corrected chi connectivity index (χ2v) is 5.86. The lowest BCUT2D eigenvalue weighted by molar-refractivity contribution is -0.137. The summed E-state index contributed by atoms with van der Waals surface area (Å²) in [4.78, 5) is 23.4. The summed E-state index contributed by atoms with van der Waals surface area (Å²) in [5, 5.41) is 8.23. The molecule has 4 nitrogen and oxygen atoms in total. The van der Waals surface area contributed by atoms with Gasteiger partial charge >= 0.3 is 12.1 Å². The van der Waals surface area contributed by atoms with Gasteiger partial charge in [-0.1, -0.05) is 0 Å². The zero-order valence-corrected chi connectivity index (χ0v) is 13.6. The molecule has 0 spiro atoms. The minimum Gasteiger partial charge on any atom is -0.477 e. The average Bonchev–Trinajstić information content (AvgIpc) is 2.60. The Bertz CT molecular complexity index is 1170. The van der Waals surface area contributed by atoms with Crippen LogP contribution in [0.3, 0.4) is 0 Å². The fraction of sp³-hybridized carbons (Fsp3) is 0.111. The molecule has 3 aromatic rings. The Kier molecular flexibility index (Phi) is 4.66.